The summed E-state index contributed by atoms with van der Waals surface area (Å²) in [5.74, 6) is 1.31. The molecule has 4 aromatic rings. The third-order valence-electron chi connectivity index (χ3n) is 5.64. The van der Waals surface area contributed by atoms with Crippen LogP contribution >= 0.6 is 0 Å². The molecule has 8 nitrogen and oxygen atoms in total. The highest BCUT2D eigenvalue weighted by Gasteiger charge is 2.20. The molecule has 0 saturated carbocycles. The summed E-state index contributed by atoms with van der Waals surface area (Å²) in [6.45, 7) is 3.90. The highest BCUT2D eigenvalue weighted by molar-refractivity contribution is 5.83. The number of benzene rings is 3. The summed E-state index contributed by atoms with van der Waals surface area (Å²) >= 11 is 0. The van der Waals surface area contributed by atoms with Gasteiger partial charge in [0.25, 0.3) is 5.69 Å². The summed E-state index contributed by atoms with van der Waals surface area (Å²) < 4.78 is 22.9. The third-order valence-corrected chi connectivity index (χ3v) is 5.64. The first-order valence-corrected chi connectivity index (χ1v) is 10.5. The van der Waals surface area contributed by atoms with Gasteiger partial charge in [0.2, 0.25) is 11.2 Å². The van der Waals surface area contributed by atoms with Gasteiger partial charge in [-0.3, -0.25) is 14.9 Å². The van der Waals surface area contributed by atoms with Gasteiger partial charge in [0.15, 0.2) is 17.3 Å². The Hall–Kier alpha value is -4.33. The second kappa shape index (κ2) is 9.27. The van der Waals surface area contributed by atoms with E-state index in [4.69, 9.17) is 18.6 Å². The summed E-state index contributed by atoms with van der Waals surface area (Å²) in [6.07, 6.45) is 0. The molecule has 34 heavy (non-hydrogen) atoms. The van der Waals surface area contributed by atoms with Crippen LogP contribution in [0.5, 0.6) is 17.2 Å². The summed E-state index contributed by atoms with van der Waals surface area (Å²) in [7, 11) is 3.06. The topological polar surface area (TPSA) is 101 Å². The Morgan fingerprint density at radius 1 is 0.912 bits per heavy atom. The fraction of sp³-hybridized carbons (Fsp3) is 0.192. The van der Waals surface area contributed by atoms with E-state index in [1.54, 1.807) is 36.4 Å². The third kappa shape index (κ3) is 4.30. The lowest BCUT2D eigenvalue weighted by molar-refractivity contribution is -0.384. The van der Waals surface area contributed by atoms with Crippen molar-refractivity contribution in [2.24, 2.45) is 0 Å². The van der Waals surface area contributed by atoms with Gasteiger partial charge in [-0.05, 0) is 73.0 Å². The number of hydrogen-bond donors (Lipinski definition) is 0. The fourth-order valence-corrected chi connectivity index (χ4v) is 3.60. The number of methoxy groups -OCH3 is 2. The SMILES string of the molecule is COc1ccc(-c2oc3cc(C)c(C)cc3c(=O)c2OCc2ccc([N+](=O)[O-])cc2)cc1OC. The van der Waals surface area contributed by atoms with Gasteiger partial charge in [0.1, 0.15) is 12.2 Å². The predicted octanol–water partition coefficient (Wildman–Crippen LogP) is 5.58. The van der Waals surface area contributed by atoms with Crippen LogP contribution in [0.15, 0.2) is 63.8 Å². The summed E-state index contributed by atoms with van der Waals surface area (Å²) in [5, 5.41) is 11.3. The lowest BCUT2D eigenvalue weighted by atomic mass is 10.0. The second-order valence-electron chi connectivity index (χ2n) is 7.80. The van der Waals surface area contributed by atoms with Crippen LogP contribution in [0.3, 0.4) is 0 Å². The maximum Gasteiger partial charge on any atom is 0.269 e. The molecule has 0 saturated heterocycles. The van der Waals surface area contributed by atoms with Gasteiger partial charge >= 0.3 is 0 Å². The maximum absolute atomic E-state index is 13.5. The molecule has 0 amide bonds. The first-order valence-electron chi connectivity index (χ1n) is 10.5. The molecule has 0 spiro atoms. The molecule has 4 rings (SSSR count). The van der Waals surface area contributed by atoms with Gasteiger partial charge in [-0.1, -0.05) is 0 Å². The number of ether oxygens (including phenoxy) is 3. The molecule has 0 N–H and O–H groups in total. The van der Waals surface area contributed by atoms with Crippen LogP contribution < -0.4 is 19.6 Å². The van der Waals surface area contributed by atoms with Crippen molar-refractivity contribution in [3.05, 3.63) is 91.6 Å². The fourth-order valence-electron chi connectivity index (χ4n) is 3.60. The standard InChI is InChI=1S/C26H23NO7/c1-15-11-20-22(12-16(15)2)34-25(18-7-10-21(31-3)23(13-18)32-4)26(24(20)28)33-14-17-5-8-19(9-6-17)27(29)30/h5-13H,14H2,1-4H3. The number of nitro groups is 1. The van der Waals surface area contributed by atoms with E-state index in [0.717, 1.165) is 11.1 Å². The number of rotatable bonds is 7. The molecule has 0 aliphatic carbocycles. The van der Waals surface area contributed by atoms with E-state index in [1.165, 1.54) is 26.4 Å². The van der Waals surface area contributed by atoms with Gasteiger partial charge in [-0.15, -0.1) is 0 Å². The minimum atomic E-state index is -0.470. The molecule has 0 aliphatic heterocycles. The monoisotopic (exact) mass is 461 g/mol. The molecule has 0 atom stereocenters. The molecule has 0 bridgehead atoms. The summed E-state index contributed by atoms with van der Waals surface area (Å²) in [5.41, 5.74) is 3.31. The van der Waals surface area contributed by atoms with E-state index in [9.17, 15) is 14.9 Å². The van der Waals surface area contributed by atoms with Crippen molar-refractivity contribution in [1.82, 2.24) is 0 Å². The molecule has 3 aromatic carbocycles. The highest BCUT2D eigenvalue weighted by Crippen LogP contribution is 2.37. The molecular formula is C26H23NO7. The van der Waals surface area contributed by atoms with Gasteiger partial charge in [-0.25, -0.2) is 0 Å². The van der Waals surface area contributed by atoms with E-state index < -0.39 is 4.92 Å². The molecule has 8 heteroatoms. The van der Waals surface area contributed by atoms with Crippen molar-refractivity contribution in [3.8, 4) is 28.6 Å². The average Bonchev–Trinajstić information content (AvgIpc) is 2.84. The van der Waals surface area contributed by atoms with Crippen molar-refractivity contribution in [3.63, 3.8) is 0 Å². The molecule has 0 fully saturated rings. The zero-order valence-electron chi connectivity index (χ0n) is 19.2. The Labute approximate surface area is 195 Å². The Morgan fingerprint density at radius 3 is 2.24 bits per heavy atom. The average molecular weight is 461 g/mol. The summed E-state index contributed by atoms with van der Waals surface area (Å²) in [4.78, 5) is 23.9. The van der Waals surface area contributed by atoms with Crippen molar-refractivity contribution in [2.45, 2.75) is 20.5 Å². The van der Waals surface area contributed by atoms with Gasteiger partial charge in [-0.2, -0.15) is 0 Å². The Bertz CT molecular complexity index is 1440. The van der Waals surface area contributed by atoms with Crippen LogP contribution in [-0.4, -0.2) is 19.1 Å². The van der Waals surface area contributed by atoms with Crippen LogP contribution in [-0.2, 0) is 6.61 Å². The van der Waals surface area contributed by atoms with Crippen molar-refractivity contribution in [1.29, 1.82) is 0 Å². The number of nitrogens with zero attached hydrogens (tertiary/aromatic N) is 1. The molecule has 1 heterocycles. The van der Waals surface area contributed by atoms with Crippen LogP contribution in [0.2, 0.25) is 0 Å². The highest BCUT2D eigenvalue weighted by atomic mass is 16.6. The lowest BCUT2D eigenvalue weighted by Crippen LogP contribution is -2.11. The molecular weight excluding hydrogens is 438 g/mol. The Morgan fingerprint density at radius 2 is 1.59 bits per heavy atom. The quantitative estimate of drug-likeness (QED) is 0.261. The molecule has 0 radical (unpaired) electrons. The molecule has 174 valence electrons. The molecule has 1 aromatic heterocycles. The van der Waals surface area contributed by atoms with Crippen LogP contribution in [0.25, 0.3) is 22.3 Å². The summed E-state index contributed by atoms with van der Waals surface area (Å²) in [6, 6.07) is 14.8. The van der Waals surface area contributed by atoms with Crippen molar-refractivity contribution in [2.75, 3.05) is 14.2 Å². The number of nitro benzene ring substituents is 1. The number of fused-ring (bicyclic) bond motifs is 1. The van der Waals surface area contributed by atoms with Gasteiger partial charge in [0, 0.05) is 17.7 Å². The zero-order chi connectivity index (χ0) is 24.4. The van der Waals surface area contributed by atoms with E-state index in [0.29, 0.717) is 33.6 Å². The number of hydrogen-bond acceptors (Lipinski definition) is 7. The lowest BCUT2D eigenvalue weighted by Gasteiger charge is -2.14. The van der Waals surface area contributed by atoms with Gasteiger partial charge < -0.3 is 18.6 Å². The molecule has 0 aliphatic rings. The maximum atomic E-state index is 13.5. The minimum Gasteiger partial charge on any atom is -0.493 e. The Kier molecular flexibility index (Phi) is 6.23. The van der Waals surface area contributed by atoms with Crippen LogP contribution in [0, 0.1) is 24.0 Å². The van der Waals surface area contributed by atoms with E-state index in [1.807, 2.05) is 19.9 Å². The second-order valence-corrected chi connectivity index (χ2v) is 7.80. The zero-order valence-corrected chi connectivity index (χ0v) is 19.2. The number of aryl methyl sites for hydroxylation is 2. The van der Waals surface area contributed by atoms with E-state index in [-0.39, 0.29) is 29.2 Å². The normalized spacial score (nSPS) is 10.8. The Balaban J connectivity index is 1.84. The number of non-ortho nitro benzene ring substituents is 1. The van der Waals surface area contributed by atoms with Crippen molar-refractivity contribution >= 4 is 16.7 Å². The smallest absolute Gasteiger partial charge is 0.269 e. The minimum absolute atomic E-state index is 0.0224. The first kappa shape index (κ1) is 22.8. The first-order chi connectivity index (χ1) is 16.3. The molecule has 0 unspecified atom stereocenters. The largest absolute Gasteiger partial charge is 0.493 e. The van der Waals surface area contributed by atoms with Crippen molar-refractivity contribution < 1.29 is 23.6 Å². The predicted molar refractivity (Wildman–Crippen MR) is 128 cm³/mol. The van der Waals surface area contributed by atoms with E-state index >= 15 is 0 Å². The van der Waals surface area contributed by atoms with E-state index in [2.05, 4.69) is 0 Å². The van der Waals surface area contributed by atoms with Crippen LogP contribution in [0.1, 0.15) is 16.7 Å². The van der Waals surface area contributed by atoms with Gasteiger partial charge in [0.05, 0.1) is 24.5 Å². The van der Waals surface area contributed by atoms with Crippen LogP contribution in [0.4, 0.5) is 5.69 Å².